The predicted octanol–water partition coefficient (Wildman–Crippen LogP) is 2.78. The number of anilines is 1. The molecule has 1 aromatic carbocycles. The summed E-state index contributed by atoms with van der Waals surface area (Å²) in [6.07, 6.45) is 0.943. The van der Waals surface area contributed by atoms with E-state index in [1.54, 1.807) is 0 Å². The van der Waals surface area contributed by atoms with Crippen molar-refractivity contribution in [2.45, 2.75) is 19.9 Å². The van der Waals surface area contributed by atoms with Crippen LogP contribution in [0.2, 0.25) is 0 Å². The highest BCUT2D eigenvalue weighted by Gasteiger charge is 2.08. The Morgan fingerprint density at radius 3 is 2.56 bits per heavy atom. The summed E-state index contributed by atoms with van der Waals surface area (Å²) < 4.78 is 2.74. The minimum atomic E-state index is 0.702. The van der Waals surface area contributed by atoms with Gasteiger partial charge < -0.3 is 5.73 Å². The van der Waals surface area contributed by atoms with Gasteiger partial charge in [0.25, 0.3) is 0 Å². The van der Waals surface area contributed by atoms with Crippen LogP contribution in [0.25, 0.3) is 0 Å². The van der Waals surface area contributed by atoms with Gasteiger partial charge in [0.15, 0.2) is 0 Å². The van der Waals surface area contributed by atoms with Crippen molar-refractivity contribution in [3.8, 4) is 0 Å². The van der Waals surface area contributed by atoms with Crippen LogP contribution in [-0.2, 0) is 13.0 Å². The fraction of sp³-hybridized carbons (Fsp3) is 0.250. The zero-order valence-electron chi connectivity index (χ0n) is 9.15. The van der Waals surface area contributed by atoms with Crippen LogP contribution >= 0.6 is 15.9 Å². The SMILES string of the molecule is Cc1nn(CCc2ccccc2)c(N)c1Br. The molecule has 2 aromatic rings. The Hall–Kier alpha value is -1.29. The van der Waals surface area contributed by atoms with E-state index in [1.807, 2.05) is 29.8 Å². The molecule has 0 saturated heterocycles. The maximum absolute atomic E-state index is 5.92. The largest absolute Gasteiger partial charge is 0.383 e. The maximum atomic E-state index is 5.92. The molecule has 0 amide bonds. The van der Waals surface area contributed by atoms with E-state index in [2.05, 4.69) is 33.2 Å². The lowest BCUT2D eigenvalue weighted by Crippen LogP contribution is -2.07. The molecule has 16 heavy (non-hydrogen) atoms. The number of halogens is 1. The van der Waals surface area contributed by atoms with E-state index in [1.165, 1.54) is 5.56 Å². The first kappa shape index (κ1) is 11.2. The third-order valence-corrected chi connectivity index (χ3v) is 3.53. The molecule has 3 nitrogen and oxygen atoms in total. The second kappa shape index (κ2) is 4.70. The smallest absolute Gasteiger partial charge is 0.136 e. The molecule has 0 saturated carbocycles. The monoisotopic (exact) mass is 279 g/mol. The third-order valence-electron chi connectivity index (χ3n) is 2.55. The second-order valence-electron chi connectivity index (χ2n) is 3.74. The number of rotatable bonds is 3. The van der Waals surface area contributed by atoms with E-state index < -0.39 is 0 Å². The van der Waals surface area contributed by atoms with Crippen molar-refractivity contribution >= 4 is 21.7 Å². The highest BCUT2D eigenvalue weighted by Crippen LogP contribution is 2.22. The molecular weight excluding hydrogens is 266 g/mol. The van der Waals surface area contributed by atoms with Crippen LogP contribution in [0, 0.1) is 6.92 Å². The van der Waals surface area contributed by atoms with E-state index in [0.29, 0.717) is 5.82 Å². The van der Waals surface area contributed by atoms with E-state index >= 15 is 0 Å². The van der Waals surface area contributed by atoms with Gasteiger partial charge in [-0.05, 0) is 34.8 Å². The minimum Gasteiger partial charge on any atom is -0.383 e. The second-order valence-corrected chi connectivity index (χ2v) is 4.54. The molecule has 0 spiro atoms. The van der Waals surface area contributed by atoms with Gasteiger partial charge in [-0.2, -0.15) is 5.10 Å². The van der Waals surface area contributed by atoms with Gasteiger partial charge in [0.05, 0.1) is 10.2 Å². The fourth-order valence-corrected chi connectivity index (χ4v) is 1.91. The summed E-state index contributed by atoms with van der Waals surface area (Å²) in [5, 5.41) is 4.37. The zero-order valence-corrected chi connectivity index (χ0v) is 10.7. The van der Waals surface area contributed by atoms with Crippen LogP contribution in [-0.4, -0.2) is 9.78 Å². The summed E-state index contributed by atoms with van der Waals surface area (Å²) in [6.45, 7) is 2.75. The predicted molar refractivity (Wildman–Crippen MR) is 69.2 cm³/mol. The number of nitrogens with two attached hydrogens (primary N) is 1. The van der Waals surface area contributed by atoms with Crippen molar-refractivity contribution in [1.29, 1.82) is 0 Å². The van der Waals surface area contributed by atoms with Gasteiger partial charge in [0.2, 0.25) is 0 Å². The first-order valence-electron chi connectivity index (χ1n) is 5.21. The molecule has 0 unspecified atom stereocenters. The topological polar surface area (TPSA) is 43.8 Å². The molecule has 2 rings (SSSR count). The molecule has 2 N–H and O–H groups in total. The molecule has 0 fully saturated rings. The molecule has 0 bridgehead atoms. The average Bonchev–Trinajstić information content (AvgIpc) is 2.56. The molecular formula is C12H14BrN3. The van der Waals surface area contributed by atoms with Crippen molar-refractivity contribution in [2.75, 3.05) is 5.73 Å². The van der Waals surface area contributed by atoms with Crippen LogP contribution < -0.4 is 5.73 Å². The van der Waals surface area contributed by atoms with Crippen LogP contribution in [0.3, 0.4) is 0 Å². The van der Waals surface area contributed by atoms with Gasteiger partial charge in [-0.25, -0.2) is 4.68 Å². The van der Waals surface area contributed by atoms with Crippen molar-refractivity contribution in [1.82, 2.24) is 9.78 Å². The van der Waals surface area contributed by atoms with Crippen molar-refractivity contribution in [2.24, 2.45) is 0 Å². The van der Waals surface area contributed by atoms with E-state index in [0.717, 1.165) is 23.1 Å². The summed E-state index contributed by atoms with van der Waals surface area (Å²) in [5.41, 5.74) is 8.15. The summed E-state index contributed by atoms with van der Waals surface area (Å²) >= 11 is 3.42. The lowest BCUT2D eigenvalue weighted by molar-refractivity contribution is 0.618. The van der Waals surface area contributed by atoms with E-state index in [9.17, 15) is 0 Å². The number of benzene rings is 1. The van der Waals surface area contributed by atoms with Crippen LogP contribution in [0.15, 0.2) is 34.8 Å². The normalized spacial score (nSPS) is 10.6. The Morgan fingerprint density at radius 2 is 2.00 bits per heavy atom. The highest BCUT2D eigenvalue weighted by atomic mass is 79.9. The van der Waals surface area contributed by atoms with E-state index in [4.69, 9.17) is 5.73 Å². The Balaban J connectivity index is 2.08. The minimum absolute atomic E-state index is 0.702. The van der Waals surface area contributed by atoms with Crippen molar-refractivity contribution in [3.63, 3.8) is 0 Å². The first-order valence-corrected chi connectivity index (χ1v) is 6.00. The molecule has 84 valence electrons. The maximum Gasteiger partial charge on any atom is 0.136 e. The summed E-state index contributed by atoms with van der Waals surface area (Å²) in [4.78, 5) is 0. The van der Waals surface area contributed by atoms with Crippen LogP contribution in [0.4, 0.5) is 5.82 Å². The fourth-order valence-electron chi connectivity index (χ4n) is 1.63. The van der Waals surface area contributed by atoms with Gasteiger partial charge >= 0.3 is 0 Å². The van der Waals surface area contributed by atoms with Gasteiger partial charge in [-0.1, -0.05) is 30.3 Å². The number of aromatic nitrogens is 2. The molecule has 0 aliphatic heterocycles. The number of hydrogen-bond donors (Lipinski definition) is 1. The lowest BCUT2D eigenvalue weighted by Gasteiger charge is -2.04. The molecule has 0 aliphatic carbocycles. The average molecular weight is 280 g/mol. The molecule has 1 aromatic heterocycles. The first-order chi connectivity index (χ1) is 7.68. The summed E-state index contributed by atoms with van der Waals surface area (Å²) in [7, 11) is 0. The molecule has 0 aliphatic rings. The Labute approximate surface area is 103 Å². The summed E-state index contributed by atoms with van der Waals surface area (Å²) in [5.74, 6) is 0.702. The molecule has 1 heterocycles. The molecule has 0 atom stereocenters. The third kappa shape index (κ3) is 2.27. The lowest BCUT2D eigenvalue weighted by atomic mass is 10.1. The standard InChI is InChI=1S/C12H14BrN3/c1-9-11(13)12(14)16(15-9)8-7-10-5-3-2-4-6-10/h2-6H,7-8,14H2,1H3. The highest BCUT2D eigenvalue weighted by molar-refractivity contribution is 9.10. The molecule has 0 radical (unpaired) electrons. The number of hydrogen-bond acceptors (Lipinski definition) is 2. The van der Waals surface area contributed by atoms with Gasteiger partial charge in [0.1, 0.15) is 5.82 Å². The number of aryl methyl sites for hydroxylation is 3. The van der Waals surface area contributed by atoms with Gasteiger partial charge in [-0.3, -0.25) is 0 Å². The molecule has 4 heteroatoms. The quantitative estimate of drug-likeness (QED) is 0.939. The van der Waals surface area contributed by atoms with Crippen molar-refractivity contribution < 1.29 is 0 Å². The Bertz CT molecular complexity index is 477. The number of nitrogens with zero attached hydrogens (tertiary/aromatic N) is 2. The van der Waals surface area contributed by atoms with Crippen molar-refractivity contribution in [3.05, 3.63) is 46.1 Å². The van der Waals surface area contributed by atoms with Gasteiger partial charge in [0, 0.05) is 6.54 Å². The number of nitrogen functional groups attached to an aromatic ring is 1. The van der Waals surface area contributed by atoms with E-state index in [-0.39, 0.29) is 0 Å². The Morgan fingerprint density at radius 1 is 1.31 bits per heavy atom. The van der Waals surface area contributed by atoms with Crippen LogP contribution in [0.5, 0.6) is 0 Å². The van der Waals surface area contributed by atoms with Crippen LogP contribution in [0.1, 0.15) is 11.3 Å². The summed E-state index contributed by atoms with van der Waals surface area (Å²) in [6, 6.07) is 10.3. The zero-order chi connectivity index (χ0) is 11.5. The van der Waals surface area contributed by atoms with Gasteiger partial charge in [-0.15, -0.1) is 0 Å². The Kier molecular flexibility index (Phi) is 3.29.